The zero-order valence-electron chi connectivity index (χ0n) is 16.0. The summed E-state index contributed by atoms with van der Waals surface area (Å²) in [5.41, 5.74) is -0.185. The standard InChI is InChI=1S/C18H24ClN3O6/c1-11(2)16(18(25)20-9-5-4-6-15(23)28-3)21-17(24)13-8-7-12(22(26)27)10-14(13)19/h7-8,10-11,16H,4-6,9H2,1-3H3,(H,20,25)(H,21,24). The van der Waals surface area contributed by atoms with E-state index < -0.39 is 16.9 Å². The van der Waals surface area contributed by atoms with Gasteiger partial charge >= 0.3 is 5.97 Å². The summed E-state index contributed by atoms with van der Waals surface area (Å²) in [5, 5.41) is 16.0. The molecule has 1 aromatic carbocycles. The Kier molecular flexibility index (Phi) is 9.37. The first-order valence-corrected chi connectivity index (χ1v) is 9.14. The zero-order chi connectivity index (χ0) is 21.3. The van der Waals surface area contributed by atoms with E-state index in [1.54, 1.807) is 13.8 Å². The van der Waals surface area contributed by atoms with Crippen molar-refractivity contribution in [1.29, 1.82) is 0 Å². The highest BCUT2D eigenvalue weighted by molar-refractivity contribution is 6.34. The smallest absolute Gasteiger partial charge is 0.305 e. The van der Waals surface area contributed by atoms with Crippen molar-refractivity contribution in [3.05, 3.63) is 38.9 Å². The van der Waals surface area contributed by atoms with Crippen molar-refractivity contribution >= 4 is 35.1 Å². The third kappa shape index (κ3) is 7.15. The first-order chi connectivity index (χ1) is 13.2. The molecule has 1 atom stereocenters. The maximum absolute atomic E-state index is 12.5. The van der Waals surface area contributed by atoms with Gasteiger partial charge < -0.3 is 15.4 Å². The summed E-state index contributed by atoms with van der Waals surface area (Å²) in [5.74, 6) is -1.46. The molecule has 0 aromatic heterocycles. The fourth-order valence-electron chi connectivity index (χ4n) is 2.37. The zero-order valence-corrected chi connectivity index (χ0v) is 16.7. The molecule has 0 spiro atoms. The molecule has 0 aliphatic rings. The Morgan fingerprint density at radius 3 is 2.46 bits per heavy atom. The summed E-state index contributed by atoms with van der Waals surface area (Å²) in [4.78, 5) is 46.0. The van der Waals surface area contributed by atoms with Crippen LogP contribution in [0.15, 0.2) is 18.2 Å². The molecule has 0 radical (unpaired) electrons. The number of halogens is 1. The van der Waals surface area contributed by atoms with Crippen molar-refractivity contribution in [2.24, 2.45) is 5.92 Å². The number of amides is 2. The summed E-state index contributed by atoms with van der Waals surface area (Å²) in [6.45, 7) is 3.91. The number of ether oxygens (including phenoxy) is 1. The van der Waals surface area contributed by atoms with Gasteiger partial charge in [0, 0.05) is 25.1 Å². The van der Waals surface area contributed by atoms with E-state index in [2.05, 4.69) is 15.4 Å². The van der Waals surface area contributed by atoms with Gasteiger partial charge in [-0.25, -0.2) is 0 Å². The number of hydrogen-bond acceptors (Lipinski definition) is 6. The number of carbonyl (C=O) groups excluding carboxylic acids is 3. The number of nitro benzene ring substituents is 1. The highest BCUT2D eigenvalue weighted by atomic mass is 35.5. The highest BCUT2D eigenvalue weighted by Gasteiger charge is 2.25. The van der Waals surface area contributed by atoms with Crippen LogP contribution in [0.5, 0.6) is 0 Å². The van der Waals surface area contributed by atoms with Crippen LogP contribution in [-0.4, -0.2) is 42.4 Å². The maximum Gasteiger partial charge on any atom is 0.305 e. The van der Waals surface area contributed by atoms with Crippen LogP contribution in [0.1, 0.15) is 43.5 Å². The lowest BCUT2D eigenvalue weighted by Gasteiger charge is -2.22. The van der Waals surface area contributed by atoms with Crippen molar-refractivity contribution in [2.45, 2.75) is 39.2 Å². The molecule has 1 unspecified atom stereocenters. The monoisotopic (exact) mass is 413 g/mol. The van der Waals surface area contributed by atoms with E-state index in [-0.39, 0.29) is 40.5 Å². The van der Waals surface area contributed by atoms with Crippen LogP contribution in [0.4, 0.5) is 5.69 Å². The first-order valence-electron chi connectivity index (χ1n) is 8.76. The molecule has 0 heterocycles. The summed E-state index contributed by atoms with van der Waals surface area (Å²) in [6, 6.07) is 2.70. The predicted octanol–water partition coefficient (Wildman–Crippen LogP) is 2.46. The number of carbonyl (C=O) groups is 3. The fraction of sp³-hybridized carbons (Fsp3) is 0.500. The fourth-order valence-corrected chi connectivity index (χ4v) is 2.63. The Hall–Kier alpha value is -2.68. The Balaban J connectivity index is 2.66. The van der Waals surface area contributed by atoms with Gasteiger partial charge in [0.15, 0.2) is 0 Å². The number of rotatable bonds is 10. The van der Waals surface area contributed by atoms with Crippen LogP contribution < -0.4 is 10.6 Å². The quantitative estimate of drug-likeness (QED) is 0.262. The third-order valence-corrected chi connectivity index (χ3v) is 4.29. The van der Waals surface area contributed by atoms with E-state index in [4.69, 9.17) is 11.6 Å². The van der Waals surface area contributed by atoms with Crippen molar-refractivity contribution < 1.29 is 24.0 Å². The largest absolute Gasteiger partial charge is 0.469 e. The molecule has 9 nitrogen and oxygen atoms in total. The predicted molar refractivity (Wildman–Crippen MR) is 103 cm³/mol. The molecule has 0 saturated carbocycles. The minimum Gasteiger partial charge on any atom is -0.469 e. The van der Waals surface area contributed by atoms with Crippen LogP contribution in [0.25, 0.3) is 0 Å². The van der Waals surface area contributed by atoms with Crippen LogP contribution in [0.2, 0.25) is 5.02 Å². The lowest BCUT2D eigenvalue weighted by molar-refractivity contribution is -0.384. The molecule has 0 bridgehead atoms. The van der Waals surface area contributed by atoms with E-state index >= 15 is 0 Å². The molecule has 1 aromatic rings. The van der Waals surface area contributed by atoms with Crippen molar-refractivity contribution in [2.75, 3.05) is 13.7 Å². The number of esters is 1. The molecule has 2 amide bonds. The molecular weight excluding hydrogens is 390 g/mol. The molecule has 2 N–H and O–H groups in total. The number of hydrogen-bond donors (Lipinski definition) is 2. The van der Waals surface area contributed by atoms with Gasteiger partial charge in [-0.15, -0.1) is 0 Å². The van der Waals surface area contributed by atoms with E-state index in [9.17, 15) is 24.5 Å². The first kappa shape index (κ1) is 23.4. The summed E-state index contributed by atoms with van der Waals surface area (Å²) in [7, 11) is 1.32. The molecule has 10 heteroatoms. The molecule has 28 heavy (non-hydrogen) atoms. The van der Waals surface area contributed by atoms with Gasteiger partial charge in [-0.05, 0) is 24.8 Å². The second-order valence-electron chi connectivity index (χ2n) is 6.44. The van der Waals surface area contributed by atoms with Gasteiger partial charge in [-0.1, -0.05) is 25.4 Å². The van der Waals surface area contributed by atoms with Gasteiger partial charge in [-0.3, -0.25) is 24.5 Å². The number of unbranched alkanes of at least 4 members (excludes halogenated alkanes) is 1. The summed E-state index contributed by atoms with van der Waals surface area (Å²) >= 11 is 5.96. The van der Waals surface area contributed by atoms with Crippen molar-refractivity contribution in [3.63, 3.8) is 0 Å². The van der Waals surface area contributed by atoms with Gasteiger partial charge in [0.1, 0.15) is 6.04 Å². The number of nitrogens with zero attached hydrogens (tertiary/aromatic N) is 1. The van der Waals surface area contributed by atoms with Crippen molar-refractivity contribution in [1.82, 2.24) is 10.6 Å². The average molecular weight is 414 g/mol. The molecular formula is C18H24ClN3O6. The van der Waals surface area contributed by atoms with Crippen LogP contribution >= 0.6 is 11.6 Å². The molecule has 0 aliphatic heterocycles. The molecule has 0 saturated heterocycles. The minimum atomic E-state index is -0.806. The van der Waals surface area contributed by atoms with E-state index in [0.717, 1.165) is 6.07 Å². The number of non-ortho nitro benzene ring substituents is 1. The third-order valence-electron chi connectivity index (χ3n) is 3.98. The summed E-state index contributed by atoms with van der Waals surface area (Å²) < 4.78 is 4.54. The van der Waals surface area contributed by atoms with Crippen LogP contribution in [0.3, 0.4) is 0 Å². The van der Waals surface area contributed by atoms with E-state index in [1.807, 2.05) is 0 Å². The lowest BCUT2D eigenvalue weighted by atomic mass is 10.0. The number of nitrogens with one attached hydrogen (secondary N) is 2. The van der Waals surface area contributed by atoms with Crippen LogP contribution in [-0.2, 0) is 14.3 Å². The number of methoxy groups -OCH3 is 1. The van der Waals surface area contributed by atoms with Crippen LogP contribution in [0, 0.1) is 16.0 Å². The second-order valence-corrected chi connectivity index (χ2v) is 6.85. The van der Waals surface area contributed by atoms with Gasteiger partial charge in [-0.2, -0.15) is 0 Å². The van der Waals surface area contributed by atoms with Gasteiger partial charge in [0.05, 0.1) is 22.6 Å². The van der Waals surface area contributed by atoms with E-state index in [1.165, 1.54) is 19.2 Å². The molecule has 154 valence electrons. The Labute approximate surface area is 167 Å². The lowest BCUT2D eigenvalue weighted by Crippen LogP contribution is -2.49. The summed E-state index contributed by atoms with van der Waals surface area (Å²) in [6.07, 6.45) is 1.44. The van der Waals surface area contributed by atoms with Gasteiger partial charge in [0.25, 0.3) is 11.6 Å². The average Bonchev–Trinajstić information content (AvgIpc) is 2.64. The molecule has 1 rings (SSSR count). The highest BCUT2D eigenvalue weighted by Crippen LogP contribution is 2.22. The Bertz CT molecular complexity index is 738. The van der Waals surface area contributed by atoms with E-state index in [0.29, 0.717) is 19.4 Å². The Morgan fingerprint density at radius 2 is 1.93 bits per heavy atom. The number of benzene rings is 1. The topological polar surface area (TPSA) is 128 Å². The minimum absolute atomic E-state index is 0.0452. The normalized spacial score (nSPS) is 11.6. The van der Waals surface area contributed by atoms with Gasteiger partial charge in [0.2, 0.25) is 5.91 Å². The second kappa shape index (κ2) is 11.2. The number of nitro groups is 1. The molecule has 0 aliphatic carbocycles. The molecule has 0 fully saturated rings. The van der Waals surface area contributed by atoms with Crippen molar-refractivity contribution in [3.8, 4) is 0 Å². The SMILES string of the molecule is COC(=O)CCCCNC(=O)C(NC(=O)c1ccc([N+](=O)[O-])cc1Cl)C(C)C. The maximum atomic E-state index is 12.5. The Morgan fingerprint density at radius 1 is 1.25 bits per heavy atom.